The second-order valence-electron chi connectivity index (χ2n) is 3.91. The average molecular weight is 326 g/mol. The second kappa shape index (κ2) is 5.12. The van der Waals surface area contributed by atoms with Crippen molar-refractivity contribution in [1.82, 2.24) is 0 Å². The molecular weight excluding hydrogens is 314 g/mol. The van der Waals surface area contributed by atoms with Gasteiger partial charge in [-0.3, -0.25) is 4.72 Å². The van der Waals surface area contributed by atoms with E-state index in [1.165, 1.54) is 0 Å². The monoisotopic (exact) mass is 325 g/mol. The summed E-state index contributed by atoms with van der Waals surface area (Å²) in [5.74, 6) is 0. The number of hydrogen-bond donors (Lipinski definition) is 1. The highest BCUT2D eigenvalue weighted by Crippen LogP contribution is 2.23. The summed E-state index contributed by atoms with van der Waals surface area (Å²) in [5, 5.41) is 0. The number of hydrogen-bond acceptors (Lipinski definition) is 2. The molecule has 5 heteroatoms. The molecule has 2 aromatic carbocycles. The molecule has 0 saturated carbocycles. The highest BCUT2D eigenvalue weighted by Gasteiger charge is 2.16. The average Bonchev–Trinajstić information content (AvgIpc) is 2.28. The lowest BCUT2D eigenvalue weighted by molar-refractivity contribution is 0.601. The molecule has 94 valence electrons. The molecule has 0 unspecified atom stereocenters. The van der Waals surface area contributed by atoms with E-state index in [-0.39, 0.29) is 4.90 Å². The van der Waals surface area contributed by atoms with Crippen LogP contribution in [0.25, 0.3) is 0 Å². The minimum atomic E-state index is -3.56. The van der Waals surface area contributed by atoms with Gasteiger partial charge in [-0.05, 0) is 52.7 Å². The summed E-state index contributed by atoms with van der Waals surface area (Å²) < 4.78 is 27.5. The Morgan fingerprint density at radius 2 is 1.78 bits per heavy atom. The van der Waals surface area contributed by atoms with Crippen LogP contribution in [0.15, 0.2) is 57.9 Å². The van der Waals surface area contributed by atoms with E-state index in [0.29, 0.717) is 10.2 Å². The van der Waals surface area contributed by atoms with Crippen LogP contribution >= 0.6 is 15.9 Å². The zero-order valence-electron chi connectivity index (χ0n) is 9.72. The van der Waals surface area contributed by atoms with Crippen molar-refractivity contribution < 1.29 is 8.42 Å². The molecule has 0 fully saturated rings. The Morgan fingerprint density at radius 3 is 2.44 bits per heavy atom. The minimum Gasteiger partial charge on any atom is -0.280 e. The van der Waals surface area contributed by atoms with Crippen LogP contribution < -0.4 is 4.72 Å². The van der Waals surface area contributed by atoms with Crippen LogP contribution in [0.4, 0.5) is 5.69 Å². The van der Waals surface area contributed by atoms with E-state index >= 15 is 0 Å². The molecule has 0 aliphatic heterocycles. The third-order valence-corrected chi connectivity index (χ3v) is 4.79. The largest absolute Gasteiger partial charge is 0.280 e. The number of anilines is 1. The van der Waals surface area contributed by atoms with Crippen molar-refractivity contribution in [3.8, 4) is 0 Å². The van der Waals surface area contributed by atoms with E-state index in [0.717, 1.165) is 5.56 Å². The molecule has 0 aliphatic carbocycles. The van der Waals surface area contributed by atoms with Gasteiger partial charge < -0.3 is 0 Å². The zero-order chi connectivity index (χ0) is 13.2. The SMILES string of the molecule is Cc1cccc(NS(=O)(=O)c2ccccc2Br)c1. The van der Waals surface area contributed by atoms with E-state index in [1.54, 1.807) is 36.4 Å². The Morgan fingerprint density at radius 1 is 1.06 bits per heavy atom. The maximum absolute atomic E-state index is 12.2. The Hall–Kier alpha value is -1.33. The minimum absolute atomic E-state index is 0.228. The van der Waals surface area contributed by atoms with E-state index in [9.17, 15) is 8.42 Å². The summed E-state index contributed by atoms with van der Waals surface area (Å²) in [6, 6.07) is 14.0. The van der Waals surface area contributed by atoms with Gasteiger partial charge in [-0.25, -0.2) is 8.42 Å². The van der Waals surface area contributed by atoms with Crippen molar-refractivity contribution in [2.45, 2.75) is 11.8 Å². The van der Waals surface area contributed by atoms with Crippen LogP contribution in [0, 0.1) is 6.92 Å². The molecule has 0 aromatic heterocycles. The second-order valence-corrected chi connectivity index (χ2v) is 6.41. The number of benzene rings is 2. The normalized spacial score (nSPS) is 11.2. The quantitative estimate of drug-likeness (QED) is 0.937. The highest BCUT2D eigenvalue weighted by molar-refractivity contribution is 9.10. The first kappa shape index (κ1) is 13.1. The van der Waals surface area contributed by atoms with E-state index < -0.39 is 10.0 Å². The van der Waals surface area contributed by atoms with E-state index in [1.807, 2.05) is 19.1 Å². The molecule has 0 atom stereocenters. The van der Waals surface area contributed by atoms with Gasteiger partial charge >= 0.3 is 0 Å². The molecule has 2 aromatic rings. The molecule has 0 saturated heterocycles. The lowest BCUT2D eigenvalue weighted by Crippen LogP contribution is -2.13. The molecule has 3 nitrogen and oxygen atoms in total. The zero-order valence-corrected chi connectivity index (χ0v) is 12.1. The summed E-state index contributed by atoms with van der Waals surface area (Å²) >= 11 is 3.24. The first-order valence-electron chi connectivity index (χ1n) is 5.33. The standard InChI is InChI=1S/C13H12BrNO2S/c1-10-5-4-6-11(9-10)15-18(16,17)13-8-3-2-7-12(13)14/h2-9,15H,1H3. The van der Waals surface area contributed by atoms with Gasteiger partial charge in [0.15, 0.2) is 0 Å². The summed E-state index contributed by atoms with van der Waals surface area (Å²) in [6.45, 7) is 1.91. The smallest absolute Gasteiger partial charge is 0.263 e. The third kappa shape index (κ3) is 2.91. The molecule has 0 bridgehead atoms. The molecule has 0 spiro atoms. The fraction of sp³-hybridized carbons (Fsp3) is 0.0769. The van der Waals surface area contributed by atoms with Crippen LogP contribution in [-0.4, -0.2) is 8.42 Å². The van der Waals surface area contributed by atoms with Gasteiger partial charge in [-0.15, -0.1) is 0 Å². The Labute approximate surface area is 115 Å². The van der Waals surface area contributed by atoms with Crippen LogP contribution in [-0.2, 0) is 10.0 Å². The van der Waals surface area contributed by atoms with Gasteiger partial charge in [0.25, 0.3) is 10.0 Å². The Bertz CT molecular complexity index is 668. The van der Waals surface area contributed by atoms with Gasteiger partial charge in [-0.2, -0.15) is 0 Å². The third-order valence-electron chi connectivity index (χ3n) is 2.40. The van der Waals surface area contributed by atoms with E-state index in [4.69, 9.17) is 0 Å². The van der Waals surface area contributed by atoms with Gasteiger partial charge in [0.05, 0.1) is 0 Å². The predicted octanol–water partition coefficient (Wildman–Crippen LogP) is 3.56. The van der Waals surface area contributed by atoms with Crippen LogP contribution in [0.5, 0.6) is 0 Å². The molecule has 2 rings (SSSR count). The lowest BCUT2D eigenvalue weighted by atomic mass is 10.2. The van der Waals surface area contributed by atoms with E-state index in [2.05, 4.69) is 20.7 Å². The fourth-order valence-electron chi connectivity index (χ4n) is 1.58. The number of aryl methyl sites for hydroxylation is 1. The number of halogens is 1. The maximum atomic E-state index is 12.2. The van der Waals surface area contributed by atoms with Gasteiger partial charge in [0.2, 0.25) is 0 Å². The Kier molecular flexibility index (Phi) is 3.73. The summed E-state index contributed by atoms with van der Waals surface area (Å²) in [4.78, 5) is 0.228. The molecule has 18 heavy (non-hydrogen) atoms. The van der Waals surface area contributed by atoms with Crippen LogP contribution in [0.3, 0.4) is 0 Å². The number of sulfonamides is 1. The first-order chi connectivity index (χ1) is 8.49. The van der Waals surface area contributed by atoms with Crippen molar-refractivity contribution in [3.63, 3.8) is 0 Å². The molecule has 0 heterocycles. The van der Waals surface area contributed by atoms with Crippen molar-refractivity contribution in [3.05, 3.63) is 58.6 Å². The summed E-state index contributed by atoms with van der Waals surface area (Å²) in [7, 11) is -3.56. The van der Waals surface area contributed by atoms with Crippen LogP contribution in [0.2, 0.25) is 0 Å². The van der Waals surface area contributed by atoms with Crippen molar-refractivity contribution in [2.24, 2.45) is 0 Å². The number of nitrogens with one attached hydrogen (secondary N) is 1. The maximum Gasteiger partial charge on any atom is 0.263 e. The molecule has 0 amide bonds. The fourth-order valence-corrected chi connectivity index (χ4v) is 3.64. The highest BCUT2D eigenvalue weighted by atomic mass is 79.9. The summed E-state index contributed by atoms with van der Waals surface area (Å²) in [6.07, 6.45) is 0. The van der Waals surface area contributed by atoms with Gasteiger partial charge in [0, 0.05) is 10.2 Å². The molecule has 0 aliphatic rings. The summed E-state index contributed by atoms with van der Waals surface area (Å²) in [5.41, 5.74) is 1.56. The molecule has 1 N–H and O–H groups in total. The van der Waals surface area contributed by atoms with Crippen LogP contribution in [0.1, 0.15) is 5.56 Å². The molecular formula is C13H12BrNO2S. The Balaban J connectivity index is 2.37. The topological polar surface area (TPSA) is 46.2 Å². The van der Waals surface area contributed by atoms with Crippen molar-refractivity contribution >= 4 is 31.6 Å². The van der Waals surface area contributed by atoms with Gasteiger partial charge in [0.1, 0.15) is 4.90 Å². The lowest BCUT2D eigenvalue weighted by Gasteiger charge is -2.09. The predicted molar refractivity (Wildman–Crippen MR) is 76.1 cm³/mol. The number of rotatable bonds is 3. The van der Waals surface area contributed by atoms with Crippen molar-refractivity contribution in [2.75, 3.05) is 4.72 Å². The van der Waals surface area contributed by atoms with Crippen molar-refractivity contribution in [1.29, 1.82) is 0 Å². The molecule has 0 radical (unpaired) electrons. The first-order valence-corrected chi connectivity index (χ1v) is 7.61. The van der Waals surface area contributed by atoms with Gasteiger partial charge in [-0.1, -0.05) is 24.3 Å².